The molecule has 0 aromatic heterocycles. The van der Waals surface area contributed by atoms with Crippen molar-refractivity contribution in [1.82, 2.24) is 0 Å². The summed E-state index contributed by atoms with van der Waals surface area (Å²) in [6, 6.07) is 19.5. The van der Waals surface area contributed by atoms with Gasteiger partial charge in [-0.1, -0.05) is 72.8 Å². The molecule has 96 valence electrons. The van der Waals surface area contributed by atoms with Crippen molar-refractivity contribution in [2.24, 2.45) is 0 Å². The molecule has 1 atom stereocenters. The van der Waals surface area contributed by atoms with Crippen LogP contribution in [0.1, 0.15) is 17.0 Å². The molecule has 2 aromatic carbocycles. The number of carbonyl (C=O) groups excluding carboxylic acids is 1. The summed E-state index contributed by atoms with van der Waals surface area (Å²) in [4.78, 5) is 11.9. The second-order valence-electron chi connectivity index (χ2n) is 4.18. The number of ether oxygens (including phenoxy) is 1. The van der Waals surface area contributed by atoms with Crippen molar-refractivity contribution >= 4 is 12.0 Å². The van der Waals surface area contributed by atoms with E-state index in [1.54, 1.807) is 0 Å². The highest BCUT2D eigenvalue weighted by atomic mass is 16.5. The topological polar surface area (TPSA) is 26.3 Å². The number of carbonyl (C=O) groups is 1. The summed E-state index contributed by atoms with van der Waals surface area (Å²) in [7, 11) is 1.41. The summed E-state index contributed by atoms with van der Waals surface area (Å²) < 4.78 is 4.87. The van der Waals surface area contributed by atoms with Gasteiger partial charge in [-0.25, -0.2) is 0 Å². The van der Waals surface area contributed by atoms with Gasteiger partial charge in [-0.05, 0) is 11.1 Å². The summed E-state index contributed by atoms with van der Waals surface area (Å²) in [5.74, 6) is -0.621. The van der Waals surface area contributed by atoms with E-state index in [9.17, 15) is 4.79 Å². The highest BCUT2D eigenvalue weighted by molar-refractivity contribution is 5.81. The Morgan fingerprint density at radius 1 is 1.00 bits per heavy atom. The zero-order valence-corrected chi connectivity index (χ0v) is 10.8. The third-order valence-electron chi connectivity index (χ3n) is 2.89. The molecule has 0 bridgehead atoms. The predicted octanol–water partition coefficient (Wildman–Crippen LogP) is 3.66. The molecular weight excluding hydrogens is 236 g/mol. The number of methoxy groups -OCH3 is 1. The van der Waals surface area contributed by atoms with Gasteiger partial charge in [-0.15, -0.1) is 0 Å². The van der Waals surface area contributed by atoms with Crippen LogP contribution in [0.3, 0.4) is 0 Å². The smallest absolute Gasteiger partial charge is 0.317 e. The Labute approximate surface area is 113 Å². The van der Waals surface area contributed by atoms with E-state index < -0.39 is 0 Å². The summed E-state index contributed by atoms with van der Waals surface area (Å²) in [6.45, 7) is 0. The second-order valence-corrected chi connectivity index (χ2v) is 4.18. The molecule has 2 nitrogen and oxygen atoms in total. The summed E-state index contributed by atoms with van der Waals surface area (Å²) in [5.41, 5.74) is 1.99. The van der Waals surface area contributed by atoms with Crippen LogP contribution in [0.2, 0.25) is 0 Å². The minimum Gasteiger partial charge on any atom is -0.468 e. The largest absolute Gasteiger partial charge is 0.468 e. The van der Waals surface area contributed by atoms with Crippen LogP contribution in [0.15, 0.2) is 66.7 Å². The molecule has 0 N–H and O–H groups in total. The van der Waals surface area contributed by atoms with Gasteiger partial charge in [0.1, 0.15) is 5.92 Å². The van der Waals surface area contributed by atoms with Gasteiger partial charge < -0.3 is 4.74 Å². The van der Waals surface area contributed by atoms with Crippen molar-refractivity contribution in [2.75, 3.05) is 7.11 Å². The van der Waals surface area contributed by atoms with Gasteiger partial charge in [-0.2, -0.15) is 0 Å². The molecule has 2 heteroatoms. The van der Waals surface area contributed by atoms with Crippen molar-refractivity contribution in [3.05, 3.63) is 77.9 Å². The zero-order valence-electron chi connectivity index (χ0n) is 10.8. The molecule has 0 fully saturated rings. The van der Waals surface area contributed by atoms with Crippen LogP contribution in [-0.4, -0.2) is 13.1 Å². The number of benzene rings is 2. The summed E-state index contributed by atoms with van der Waals surface area (Å²) in [6.07, 6.45) is 3.81. The van der Waals surface area contributed by atoms with Crippen LogP contribution in [0.25, 0.3) is 6.08 Å². The minimum absolute atomic E-state index is 0.251. The lowest BCUT2D eigenvalue weighted by molar-refractivity contribution is -0.141. The van der Waals surface area contributed by atoms with Gasteiger partial charge >= 0.3 is 5.97 Å². The lowest BCUT2D eigenvalue weighted by Gasteiger charge is -2.10. The normalized spacial score (nSPS) is 12.3. The van der Waals surface area contributed by atoms with E-state index in [1.807, 2.05) is 72.8 Å². The third kappa shape index (κ3) is 3.55. The lowest BCUT2D eigenvalue weighted by Crippen LogP contribution is -2.11. The van der Waals surface area contributed by atoms with Gasteiger partial charge in [0.05, 0.1) is 7.11 Å². The molecule has 0 aliphatic rings. The first kappa shape index (κ1) is 13.1. The van der Waals surface area contributed by atoms with Gasteiger partial charge in [0.15, 0.2) is 0 Å². The Balaban J connectivity index is 2.25. The molecule has 0 aliphatic carbocycles. The second kappa shape index (κ2) is 6.55. The first-order chi connectivity index (χ1) is 9.31. The van der Waals surface area contributed by atoms with Gasteiger partial charge in [-0.3, -0.25) is 4.79 Å². The lowest BCUT2D eigenvalue weighted by atomic mass is 9.98. The standard InChI is InChI=1S/C17H16O2/c1-19-17(18)16(15-10-6-3-7-11-15)13-12-14-8-4-2-5-9-14/h2-13,16H,1H3. The number of esters is 1. The summed E-state index contributed by atoms with van der Waals surface area (Å²) in [5, 5.41) is 0. The highest BCUT2D eigenvalue weighted by Crippen LogP contribution is 2.20. The van der Waals surface area contributed by atoms with Crippen LogP contribution < -0.4 is 0 Å². The van der Waals surface area contributed by atoms with Crippen LogP contribution in [0.4, 0.5) is 0 Å². The Morgan fingerprint density at radius 2 is 1.58 bits per heavy atom. The van der Waals surface area contributed by atoms with Crippen LogP contribution in [-0.2, 0) is 9.53 Å². The predicted molar refractivity (Wildman–Crippen MR) is 76.7 cm³/mol. The minimum atomic E-state index is -0.369. The first-order valence-electron chi connectivity index (χ1n) is 6.17. The van der Waals surface area contributed by atoms with Gasteiger partial charge in [0.2, 0.25) is 0 Å². The molecule has 2 rings (SSSR count). The molecule has 19 heavy (non-hydrogen) atoms. The fraction of sp³-hybridized carbons (Fsp3) is 0.118. The van der Waals surface area contributed by atoms with Crippen LogP contribution in [0, 0.1) is 0 Å². The zero-order chi connectivity index (χ0) is 13.5. The number of hydrogen-bond acceptors (Lipinski definition) is 2. The highest BCUT2D eigenvalue weighted by Gasteiger charge is 2.17. The first-order valence-corrected chi connectivity index (χ1v) is 6.17. The van der Waals surface area contributed by atoms with E-state index in [0.29, 0.717) is 0 Å². The Kier molecular flexibility index (Phi) is 4.51. The van der Waals surface area contributed by atoms with Gasteiger partial charge in [0.25, 0.3) is 0 Å². The van der Waals surface area contributed by atoms with Gasteiger partial charge in [0, 0.05) is 0 Å². The number of hydrogen-bond donors (Lipinski definition) is 0. The fourth-order valence-electron chi connectivity index (χ4n) is 1.88. The van der Waals surface area contributed by atoms with E-state index in [-0.39, 0.29) is 11.9 Å². The molecule has 0 radical (unpaired) electrons. The number of rotatable bonds is 4. The monoisotopic (exact) mass is 252 g/mol. The third-order valence-corrected chi connectivity index (χ3v) is 2.89. The SMILES string of the molecule is COC(=O)C(C=Cc1ccccc1)c1ccccc1. The molecule has 0 amide bonds. The molecule has 0 heterocycles. The Bertz CT molecular complexity index is 544. The van der Waals surface area contributed by atoms with E-state index >= 15 is 0 Å². The van der Waals surface area contributed by atoms with Crippen molar-refractivity contribution in [3.63, 3.8) is 0 Å². The van der Waals surface area contributed by atoms with E-state index in [2.05, 4.69) is 0 Å². The van der Waals surface area contributed by atoms with Crippen molar-refractivity contribution in [2.45, 2.75) is 5.92 Å². The maximum Gasteiger partial charge on any atom is 0.317 e. The Hall–Kier alpha value is -2.35. The fourth-order valence-corrected chi connectivity index (χ4v) is 1.88. The molecule has 0 saturated carbocycles. The molecule has 0 saturated heterocycles. The quantitative estimate of drug-likeness (QED) is 0.776. The van der Waals surface area contributed by atoms with E-state index in [1.165, 1.54) is 7.11 Å². The molecule has 2 aromatic rings. The molecule has 0 aliphatic heterocycles. The van der Waals surface area contributed by atoms with Crippen molar-refractivity contribution in [1.29, 1.82) is 0 Å². The molecular formula is C17H16O2. The van der Waals surface area contributed by atoms with Crippen LogP contribution in [0.5, 0.6) is 0 Å². The van der Waals surface area contributed by atoms with Crippen molar-refractivity contribution < 1.29 is 9.53 Å². The maximum atomic E-state index is 11.9. The summed E-state index contributed by atoms with van der Waals surface area (Å²) >= 11 is 0. The van der Waals surface area contributed by atoms with E-state index in [4.69, 9.17) is 4.74 Å². The Morgan fingerprint density at radius 3 is 2.16 bits per heavy atom. The average molecular weight is 252 g/mol. The molecule has 1 unspecified atom stereocenters. The van der Waals surface area contributed by atoms with Crippen molar-refractivity contribution in [3.8, 4) is 0 Å². The molecule has 0 spiro atoms. The average Bonchev–Trinajstić information content (AvgIpc) is 2.49. The van der Waals surface area contributed by atoms with Crippen LogP contribution >= 0.6 is 0 Å². The maximum absolute atomic E-state index is 11.9. The van der Waals surface area contributed by atoms with E-state index in [0.717, 1.165) is 11.1 Å².